The number of ether oxygens (including phenoxy) is 1. The van der Waals surface area contributed by atoms with Crippen molar-refractivity contribution in [3.63, 3.8) is 0 Å². The SMILES string of the molecule is CCCN(CCO)CCCOc1ccccc1. The van der Waals surface area contributed by atoms with Crippen molar-refractivity contribution in [2.75, 3.05) is 32.8 Å². The van der Waals surface area contributed by atoms with E-state index in [0.29, 0.717) is 0 Å². The number of rotatable bonds is 9. The van der Waals surface area contributed by atoms with Crippen LogP contribution in [0.1, 0.15) is 19.8 Å². The van der Waals surface area contributed by atoms with Crippen LogP contribution in [0.5, 0.6) is 5.75 Å². The van der Waals surface area contributed by atoms with Gasteiger partial charge in [0.05, 0.1) is 13.2 Å². The molecule has 3 heteroatoms. The van der Waals surface area contributed by atoms with Crippen molar-refractivity contribution in [3.05, 3.63) is 30.3 Å². The quantitative estimate of drug-likeness (QED) is 0.668. The first kappa shape index (κ1) is 14.0. The van der Waals surface area contributed by atoms with Crippen molar-refractivity contribution in [2.45, 2.75) is 19.8 Å². The van der Waals surface area contributed by atoms with E-state index in [1.807, 2.05) is 30.3 Å². The number of benzene rings is 1. The van der Waals surface area contributed by atoms with Crippen LogP contribution in [0.2, 0.25) is 0 Å². The zero-order chi connectivity index (χ0) is 12.3. The maximum atomic E-state index is 8.92. The van der Waals surface area contributed by atoms with E-state index in [0.717, 1.165) is 44.8 Å². The largest absolute Gasteiger partial charge is 0.494 e. The summed E-state index contributed by atoms with van der Waals surface area (Å²) in [5.41, 5.74) is 0. The number of hydrogen-bond acceptors (Lipinski definition) is 3. The topological polar surface area (TPSA) is 32.7 Å². The van der Waals surface area contributed by atoms with Gasteiger partial charge < -0.3 is 14.7 Å². The summed E-state index contributed by atoms with van der Waals surface area (Å²) in [5, 5.41) is 8.92. The molecule has 1 N–H and O–H groups in total. The average Bonchev–Trinajstić information content (AvgIpc) is 2.36. The van der Waals surface area contributed by atoms with Crippen LogP contribution in [0, 0.1) is 0 Å². The monoisotopic (exact) mass is 237 g/mol. The minimum atomic E-state index is 0.236. The van der Waals surface area contributed by atoms with E-state index < -0.39 is 0 Å². The standard InChI is InChI=1S/C14H23NO2/c1-2-9-15(11-12-16)10-6-13-17-14-7-4-3-5-8-14/h3-5,7-8,16H,2,6,9-13H2,1H3. The second-order valence-electron chi connectivity index (χ2n) is 4.08. The number of aliphatic hydroxyl groups excluding tert-OH is 1. The molecular weight excluding hydrogens is 214 g/mol. The van der Waals surface area contributed by atoms with Crippen molar-refractivity contribution in [1.29, 1.82) is 0 Å². The molecule has 1 rings (SSSR count). The molecule has 0 amide bonds. The Bertz CT molecular complexity index is 271. The van der Waals surface area contributed by atoms with Crippen molar-refractivity contribution < 1.29 is 9.84 Å². The Labute approximate surface area is 104 Å². The molecule has 0 heterocycles. The fraction of sp³-hybridized carbons (Fsp3) is 0.571. The Kier molecular flexibility index (Phi) is 7.43. The van der Waals surface area contributed by atoms with Crippen LogP contribution in [0.15, 0.2) is 30.3 Å². The van der Waals surface area contributed by atoms with Gasteiger partial charge in [0.2, 0.25) is 0 Å². The average molecular weight is 237 g/mol. The predicted molar refractivity (Wildman–Crippen MR) is 70.4 cm³/mol. The van der Waals surface area contributed by atoms with Gasteiger partial charge in [0, 0.05) is 13.1 Å². The van der Waals surface area contributed by atoms with Crippen molar-refractivity contribution >= 4 is 0 Å². The van der Waals surface area contributed by atoms with Crippen LogP contribution in [-0.4, -0.2) is 42.9 Å². The maximum Gasteiger partial charge on any atom is 0.119 e. The zero-order valence-corrected chi connectivity index (χ0v) is 10.6. The number of para-hydroxylation sites is 1. The second-order valence-corrected chi connectivity index (χ2v) is 4.08. The molecule has 0 atom stereocenters. The van der Waals surface area contributed by atoms with Gasteiger partial charge in [-0.05, 0) is 31.5 Å². The third kappa shape index (κ3) is 6.29. The van der Waals surface area contributed by atoms with Crippen LogP contribution >= 0.6 is 0 Å². The first-order valence-electron chi connectivity index (χ1n) is 6.38. The van der Waals surface area contributed by atoms with Gasteiger partial charge >= 0.3 is 0 Å². The third-order valence-electron chi connectivity index (χ3n) is 2.59. The fourth-order valence-corrected chi connectivity index (χ4v) is 1.79. The van der Waals surface area contributed by atoms with Crippen molar-refractivity contribution in [1.82, 2.24) is 4.90 Å². The van der Waals surface area contributed by atoms with Crippen molar-refractivity contribution in [3.8, 4) is 5.75 Å². The van der Waals surface area contributed by atoms with Gasteiger partial charge in [0.15, 0.2) is 0 Å². The lowest BCUT2D eigenvalue weighted by Gasteiger charge is -2.20. The van der Waals surface area contributed by atoms with Gasteiger partial charge in [-0.1, -0.05) is 25.1 Å². The van der Waals surface area contributed by atoms with Crippen LogP contribution in [-0.2, 0) is 0 Å². The zero-order valence-electron chi connectivity index (χ0n) is 10.6. The van der Waals surface area contributed by atoms with E-state index in [9.17, 15) is 0 Å². The lowest BCUT2D eigenvalue weighted by Crippen LogP contribution is -2.29. The number of hydrogen-bond donors (Lipinski definition) is 1. The first-order chi connectivity index (χ1) is 8.36. The normalized spacial score (nSPS) is 10.8. The van der Waals surface area contributed by atoms with Gasteiger partial charge in [-0.25, -0.2) is 0 Å². The van der Waals surface area contributed by atoms with Crippen LogP contribution in [0.3, 0.4) is 0 Å². The summed E-state index contributed by atoms with van der Waals surface area (Å²) in [6.45, 7) is 5.92. The summed E-state index contributed by atoms with van der Waals surface area (Å²) in [4.78, 5) is 2.27. The molecule has 0 saturated carbocycles. The Morgan fingerprint density at radius 3 is 2.53 bits per heavy atom. The molecule has 96 valence electrons. The Balaban J connectivity index is 2.13. The minimum absolute atomic E-state index is 0.236. The molecule has 1 aromatic rings. The summed E-state index contributed by atoms with van der Waals surface area (Å²) in [7, 11) is 0. The van der Waals surface area contributed by atoms with E-state index in [-0.39, 0.29) is 6.61 Å². The van der Waals surface area contributed by atoms with E-state index in [1.165, 1.54) is 0 Å². The van der Waals surface area contributed by atoms with E-state index in [1.54, 1.807) is 0 Å². The highest BCUT2D eigenvalue weighted by Gasteiger charge is 2.02. The molecule has 0 spiro atoms. The van der Waals surface area contributed by atoms with Gasteiger partial charge in [-0.15, -0.1) is 0 Å². The summed E-state index contributed by atoms with van der Waals surface area (Å²) >= 11 is 0. The highest BCUT2D eigenvalue weighted by Crippen LogP contribution is 2.08. The number of aliphatic hydroxyl groups is 1. The fourth-order valence-electron chi connectivity index (χ4n) is 1.79. The lowest BCUT2D eigenvalue weighted by atomic mass is 10.3. The van der Waals surface area contributed by atoms with Gasteiger partial charge in [-0.3, -0.25) is 0 Å². The van der Waals surface area contributed by atoms with E-state index >= 15 is 0 Å². The molecule has 17 heavy (non-hydrogen) atoms. The van der Waals surface area contributed by atoms with Gasteiger partial charge in [0.1, 0.15) is 5.75 Å². The molecule has 0 unspecified atom stereocenters. The van der Waals surface area contributed by atoms with Gasteiger partial charge in [-0.2, -0.15) is 0 Å². The molecule has 0 aliphatic carbocycles. The smallest absolute Gasteiger partial charge is 0.119 e. The van der Waals surface area contributed by atoms with Crippen LogP contribution in [0.25, 0.3) is 0 Å². The number of nitrogens with zero attached hydrogens (tertiary/aromatic N) is 1. The summed E-state index contributed by atoms with van der Waals surface area (Å²) in [6.07, 6.45) is 2.12. The molecule has 0 radical (unpaired) electrons. The third-order valence-corrected chi connectivity index (χ3v) is 2.59. The summed E-state index contributed by atoms with van der Waals surface area (Å²) in [5.74, 6) is 0.927. The Hall–Kier alpha value is -1.06. The first-order valence-corrected chi connectivity index (χ1v) is 6.38. The molecule has 0 bridgehead atoms. The molecule has 0 aliphatic rings. The molecule has 3 nitrogen and oxygen atoms in total. The van der Waals surface area contributed by atoms with Crippen LogP contribution in [0.4, 0.5) is 0 Å². The molecular formula is C14H23NO2. The minimum Gasteiger partial charge on any atom is -0.494 e. The summed E-state index contributed by atoms with van der Waals surface area (Å²) in [6, 6.07) is 9.88. The lowest BCUT2D eigenvalue weighted by molar-refractivity contribution is 0.183. The van der Waals surface area contributed by atoms with Gasteiger partial charge in [0.25, 0.3) is 0 Å². The highest BCUT2D eigenvalue weighted by molar-refractivity contribution is 5.20. The van der Waals surface area contributed by atoms with Crippen molar-refractivity contribution in [2.24, 2.45) is 0 Å². The summed E-state index contributed by atoms with van der Waals surface area (Å²) < 4.78 is 5.62. The predicted octanol–water partition coefficient (Wildman–Crippen LogP) is 2.16. The Morgan fingerprint density at radius 1 is 1.12 bits per heavy atom. The maximum absolute atomic E-state index is 8.92. The second kappa shape index (κ2) is 9.02. The Morgan fingerprint density at radius 2 is 1.88 bits per heavy atom. The highest BCUT2D eigenvalue weighted by atomic mass is 16.5. The van der Waals surface area contributed by atoms with Crippen LogP contribution < -0.4 is 4.74 Å². The van der Waals surface area contributed by atoms with E-state index in [4.69, 9.17) is 9.84 Å². The molecule has 1 aromatic carbocycles. The molecule has 0 fully saturated rings. The molecule has 0 saturated heterocycles. The molecule has 0 aliphatic heterocycles. The molecule has 0 aromatic heterocycles. The van der Waals surface area contributed by atoms with E-state index in [2.05, 4.69) is 11.8 Å².